The Labute approximate surface area is 108 Å². The molecule has 0 saturated carbocycles. The lowest BCUT2D eigenvalue weighted by Gasteiger charge is -2.31. The summed E-state index contributed by atoms with van der Waals surface area (Å²) in [4.78, 5) is 28.1. The van der Waals surface area contributed by atoms with Gasteiger partial charge in [0.2, 0.25) is 0 Å². The zero-order valence-electron chi connectivity index (χ0n) is 9.63. The lowest BCUT2D eigenvalue weighted by molar-refractivity contribution is 0.0701. The number of nitrogens with one attached hydrogen (secondary N) is 1. The van der Waals surface area contributed by atoms with Crippen molar-refractivity contribution in [1.29, 1.82) is 0 Å². The second-order valence-corrected chi connectivity index (χ2v) is 4.98. The second kappa shape index (κ2) is 5.21. The van der Waals surface area contributed by atoms with E-state index in [0.29, 0.717) is 36.8 Å². The SMILES string of the molecule is Nc1nc(C(=O)N2CCC(NC(=O)O)CC2)cs1. The van der Waals surface area contributed by atoms with Crippen molar-refractivity contribution >= 4 is 28.5 Å². The monoisotopic (exact) mass is 270 g/mol. The highest BCUT2D eigenvalue weighted by Crippen LogP contribution is 2.16. The molecule has 0 spiro atoms. The van der Waals surface area contributed by atoms with Crippen LogP contribution in [0.3, 0.4) is 0 Å². The number of anilines is 1. The summed E-state index contributed by atoms with van der Waals surface area (Å²) in [5.41, 5.74) is 5.85. The minimum Gasteiger partial charge on any atom is -0.465 e. The minimum absolute atomic E-state index is 0.0768. The molecule has 2 rings (SSSR count). The Bertz CT molecular complexity index is 454. The number of likely N-dealkylation sites (tertiary alicyclic amines) is 1. The summed E-state index contributed by atoms with van der Waals surface area (Å²) in [6, 6.07) is -0.0768. The largest absolute Gasteiger partial charge is 0.465 e. The Morgan fingerprint density at radius 3 is 2.67 bits per heavy atom. The molecule has 1 saturated heterocycles. The van der Waals surface area contributed by atoms with Crippen LogP contribution in [0.1, 0.15) is 23.3 Å². The minimum atomic E-state index is -1.02. The van der Waals surface area contributed by atoms with Crippen LogP contribution in [0.5, 0.6) is 0 Å². The quantitative estimate of drug-likeness (QED) is 0.729. The summed E-state index contributed by atoms with van der Waals surface area (Å²) in [5, 5.41) is 13.1. The van der Waals surface area contributed by atoms with Crippen molar-refractivity contribution in [2.45, 2.75) is 18.9 Å². The number of aromatic nitrogens is 1. The molecule has 1 aliphatic rings. The Balaban J connectivity index is 1.90. The third-order valence-electron chi connectivity index (χ3n) is 2.85. The van der Waals surface area contributed by atoms with Gasteiger partial charge in [-0.3, -0.25) is 4.79 Å². The number of carbonyl (C=O) groups is 2. The highest BCUT2D eigenvalue weighted by molar-refractivity contribution is 7.13. The molecule has 1 aromatic heterocycles. The van der Waals surface area contributed by atoms with Gasteiger partial charge in [-0.15, -0.1) is 11.3 Å². The lowest BCUT2D eigenvalue weighted by Crippen LogP contribution is -2.46. The van der Waals surface area contributed by atoms with Crippen LogP contribution in [0.2, 0.25) is 0 Å². The fourth-order valence-corrected chi connectivity index (χ4v) is 2.49. The van der Waals surface area contributed by atoms with Crippen molar-refractivity contribution in [3.8, 4) is 0 Å². The van der Waals surface area contributed by atoms with Gasteiger partial charge in [-0.25, -0.2) is 9.78 Å². The number of thiazole rings is 1. The zero-order valence-corrected chi connectivity index (χ0v) is 10.4. The lowest BCUT2D eigenvalue weighted by atomic mass is 10.1. The molecular formula is C10H14N4O3S. The van der Waals surface area contributed by atoms with E-state index in [1.807, 2.05) is 0 Å². The van der Waals surface area contributed by atoms with E-state index in [0.717, 1.165) is 0 Å². The first kappa shape index (κ1) is 12.6. The Morgan fingerprint density at radius 1 is 1.50 bits per heavy atom. The number of carboxylic acid groups (broad SMARTS) is 1. The predicted molar refractivity (Wildman–Crippen MR) is 66.6 cm³/mol. The van der Waals surface area contributed by atoms with Crippen molar-refractivity contribution in [3.05, 3.63) is 11.1 Å². The maximum Gasteiger partial charge on any atom is 0.404 e. The maximum atomic E-state index is 12.0. The molecule has 7 nitrogen and oxygen atoms in total. The van der Waals surface area contributed by atoms with E-state index in [9.17, 15) is 9.59 Å². The fraction of sp³-hybridized carbons (Fsp3) is 0.500. The van der Waals surface area contributed by atoms with Crippen LogP contribution in [0, 0.1) is 0 Å². The van der Waals surface area contributed by atoms with Crippen LogP contribution in [0.4, 0.5) is 9.93 Å². The van der Waals surface area contributed by atoms with Crippen molar-refractivity contribution in [2.24, 2.45) is 0 Å². The smallest absolute Gasteiger partial charge is 0.404 e. The maximum absolute atomic E-state index is 12.0. The van der Waals surface area contributed by atoms with E-state index in [4.69, 9.17) is 10.8 Å². The molecule has 2 heterocycles. The standard InChI is InChI=1S/C10H14N4O3S/c11-9-13-7(5-18-9)8(15)14-3-1-6(2-4-14)12-10(16)17/h5-6,12H,1-4H2,(H2,11,13)(H,16,17). The van der Waals surface area contributed by atoms with Gasteiger partial charge in [-0.05, 0) is 12.8 Å². The number of nitrogens with zero attached hydrogens (tertiary/aromatic N) is 2. The van der Waals surface area contributed by atoms with Crippen LogP contribution in [-0.4, -0.2) is 46.1 Å². The number of hydrogen-bond acceptors (Lipinski definition) is 5. The van der Waals surface area contributed by atoms with Gasteiger partial charge in [0.15, 0.2) is 5.13 Å². The average Bonchev–Trinajstić information content (AvgIpc) is 2.75. The molecule has 18 heavy (non-hydrogen) atoms. The molecule has 0 atom stereocenters. The van der Waals surface area contributed by atoms with Gasteiger partial charge in [0.05, 0.1) is 0 Å². The van der Waals surface area contributed by atoms with Gasteiger partial charge < -0.3 is 21.1 Å². The van der Waals surface area contributed by atoms with Crippen molar-refractivity contribution in [1.82, 2.24) is 15.2 Å². The Hall–Kier alpha value is -1.83. The molecule has 0 aliphatic carbocycles. The normalized spacial score (nSPS) is 16.6. The molecule has 8 heteroatoms. The predicted octanol–water partition coefficient (Wildman–Crippen LogP) is 0.598. The Kier molecular flexibility index (Phi) is 3.66. The molecule has 0 unspecified atom stereocenters. The Morgan fingerprint density at radius 2 is 2.17 bits per heavy atom. The summed E-state index contributed by atoms with van der Waals surface area (Å²) < 4.78 is 0. The third kappa shape index (κ3) is 2.89. The topological polar surface area (TPSA) is 109 Å². The first-order valence-corrected chi connectivity index (χ1v) is 6.44. The van der Waals surface area contributed by atoms with Gasteiger partial charge in [-0.2, -0.15) is 0 Å². The van der Waals surface area contributed by atoms with Gasteiger partial charge in [0.25, 0.3) is 5.91 Å². The van der Waals surface area contributed by atoms with E-state index < -0.39 is 6.09 Å². The summed E-state index contributed by atoms with van der Waals surface area (Å²) in [5.74, 6) is -0.142. The number of piperidine rings is 1. The van der Waals surface area contributed by atoms with Gasteiger partial charge in [0, 0.05) is 24.5 Å². The van der Waals surface area contributed by atoms with Crippen molar-refractivity contribution in [3.63, 3.8) is 0 Å². The molecule has 1 fully saturated rings. The number of rotatable bonds is 2. The number of carbonyl (C=O) groups excluding carboxylic acids is 1. The third-order valence-corrected chi connectivity index (χ3v) is 3.52. The second-order valence-electron chi connectivity index (χ2n) is 4.09. The molecule has 98 valence electrons. The summed E-state index contributed by atoms with van der Waals surface area (Å²) >= 11 is 1.23. The molecule has 1 aliphatic heterocycles. The molecular weight excluding hydrogens is 256 g/mol. The number of hydrogen-bond donors (Lipinski definition) is 3. The highest BCUT2D eigenvalue weighted by atomic mass is 32.1. The summed E-state index contributed by atoms with van der Waals surface area (Å²) in [6.45, 7) is 1.06. The summed E-state index contributed by atoms with van der Waals surface area (Å²) in [7, 11) is 0. The molecule has 1 aromatic rings. The van der Waals surface area contributed by atoms with Crippen LogP contribution < -0.4 is 11.1 Å². The zero-order chi connectivity index (χ0) is 13.1. The number of nitrogen functional groups attached to an aromatic ring is 1. The molecule has 0 radical (unpaired) electrons. The van der Waals surface area contributed by atoms with Gasteiger partial charge in [0.1, 0.15) is 5.69 Å². The van der Waals surface area contributed by atoms with Crippen LogP contribution in [0.15, 0.2) is 5.38 Å². The van der Waals surface area contributed by atoms with Crippen LogP contribution in [-0.2, 0) is 0 Å². The first-order chi connectivity index (χ1) is 8.56. The van der Waals surface area contributed by atoms with E-state index in [1.54, 1.807) is 10.3 Å². The van der Waals surface area contributed by atoms with E-state index in [-0.39, 0.29) is 11.9 Å². The molecule has 2 amide bonds. The average molecular weight is 270 g/mol. The summed E-state index contributed by atoms with van der Waals surface area (Å²) in [6.07, 6.45) is 0.224. The molecule has 0 aromatic carbocycles. The molecule has 0 bridgehead atoms. The number of amides is 2. The van der Waals surface area contributed by atoms with E-state index in [2.05, 4.69) is 10.3 Å². The van der Waals surface area contributed by atoms with E-state index in [1.165, 1.54) is 11.3 Å². The van der Waals surface area contributed by atoms with E-state index >= 15 is 0 Å². The highest BCUT2D eigenvalue weighted by Gasteiger charge is 2.25. The van der Waals surface area contributed by atoms with Crippen molar-refractivity contribution < 1.29 is 14.7 Å². The fourth-order valence-electron chi connectivity index (χ4n) is 1.95. The molecule has 4 N–H and O–H groups in total. The first-order valence-electron chi connectivity index (χ1n) is 5.56. The number of nitrogens with two attached hydrogens (primary N) is 1. The van der Waals surface area contributed by atoms with Crippen LogP contribution >= 0.6 is 11.3 Å². The van der Waals surface area contributed by atoms with Crippen LogP contribution in [0.25, 0.3) is 0 Å². The van der Waals surface area contributed by atoms with Crippen molar-refractivity contribution in [2.75, 3.05) is 18.8 Å². The van der Waals surface area contributed by atoms with Gasteiger partial charge in [-0.1, -0.05) is 0 Å². The van der Waals surface area contributed by atoms with Gasteiger partial charge >= 0.3 is 6.09 Å².